The molecular weight excluding hydrogens is 318 g/mol. The molecule has 1 aliphatic rings. The maximum absolute atomic E-state index is 12.9. The molecule has 1 fully saturated rings. The van der Waals surface area contributed by atoms with E-state index in [0.29, 0.717) is 24.6 Å². The smallest absolute Gasteiger partial charge is 0.238 e. The van der Waals surface area contributed by atoms with Crippen LogP contribution in [-0.2, 0) is 11.2 Å². The van der Waals surface area contributed by atoms with Gasteiger partial charge in [-0.3, -0.25) is 4.79 Å². The molecule has 1 unspecified atom stereocenters. The van der Waals surface area contributed by atoms with Crippen LogP contribution < -0.4 is 4.74 Å². The van der Waals surface area contributed by atoms with Gasteiger partial charge in [0.2, 0.25) is 17.7 Å². The zero-order valence-electron chi connectivity index (χ0n) is 14.9. The number of aryl methyl sites for hydroxylation is 2. The zero-order valence-corrected chi connectivity index (χ0v) is 14.9. The highest BCUT2D eigenvalue weighted by atomic mass is 16.5. The first-order valence-corrected chi connectivity index (χ1v) is 8.90. The largest absolute Gasteiger partial charge is 0.496 e. The summed E-state index contributed by atoms with van der Waals surface area (Å²) in [6.45, 7) is 2.53. The number of hydrogen-bond donors (Lipinski definition) is 0. The minimum Gasteiger partial charge on any atom is -0.496 e. The van der Waals surface area contributed by atoms with Gasteiger partial charge in [-0.2, -0.15) is 0 Å². The van der Waals surface area contributed by atoms with Crippen LogP contribution in [-0.4, -0.2) is 34.7 Å². The highest BCUT2D eigenvalue weighted by Crippen LogP contribution is 2.30. The SMILES string of the molecule is COc1ccccc1CCC(=O)N1CCCCCC1c1nnc(C)o1. The Labute approximate surface area is 148 Å². The van der Waals surface area contributed by atoms with Crippen molar-refractivity contribution in [3.8, 4) is 5.75 Å². The summed E-state index contributed by atoms with van der Waals surface area (Å²) in [5, 5.41) is 8.09. The van der Waals surface area contributed by atoms with E-state index in [-0.39, 0.29) is 11.9 Å². The molecule has 1 aliphatic heterocycles. The molecule has 1 saturated heterocycles. The van der Waals surface area contributed by atoms with Gasteiger partial charge in [0.05, 0.1) is 7.11 Å². The van der Waals surface area contributed by atoms with Crippen molar-refractivity contribution in [2.75, 3.05) is 13.7 Å². The quantitative estimate of drug-likeness (QED) is 0.831. The van der Waals surface area contributed by atoms with Crippen molar-refractivity contribution in [3.05, 3.63) is 41.6 Å². The molecule has 0 spiro atoms. The Balaban J connectivity index is 1.71. The van der Waals surface area contributed by atoms with Gasteiger partial charge in [-0.1, -0.05) is 31.0 Å². The average molecular weight is 343 g/mol. The summed E-state index contributed by atoms with van der Waals surface area (Å²) in [6.07, 6.45) is 5.20. The molecular formula is C19H25N3O3. The van der Waals surface area contributed by atoms with E-state index >= 15 is 0 Å². The molecule has 1 atom stereocenters. The predicted molar refractivity (Wildman–Crippen MR) is 93.3 cm³/mol. The van der Waals surface area contributed by atoms with E-state index < -0.39 is 0 Å². The first kappa shape index (κ1) is 17.5. The molecule has 0 aliphatic carbocycles. The number of rotatable bonds is 5. The van der Waals surface area contributed by atoms with E-state index in [0.717, 1.165) is 43.5 Å². The van der Waals surface area contributed by atoms with Crippen molar-refractivity contribution in [2.45, 2.75) is 51.5 Å². The Morgan fingerprint density at radius 1 is 1.28 bits per heavy atom. The van der Waals surface area contributed by atoms with E-state index in [2.05, 4.69) is 10.2 Å². The number of likely N-dealkylation sites (tertiary alicyclic amines) is 1. The number of hydrogen-bond acceptors (Lipinski definition) is 5. The summed E-state index contributed by atoms with van der Waals surface area (Å²) >= 11 is 0. The number of carbonyl (C=O) groups excluding carboxylic acids is 1. The molecule has 0 radical (unpaired) electrons. The van der Waals surface area contributed by atoms with Crippen molar-refractivity contribution in [2.24, 2.45) is 0 Å². The second-order valence-corrected chi connectivity index (χ2v) is 6.42. The van der Waals surface area contributed by atoms with Crippen LogP contribution in [0.2, 0.25) is 0 Å². The second kappa shape index (κ2) is 8.14. The Hall–Kier alpha value is -2.37. The zero-order chi connectivity index (χ0) is 17.6. The summed E-state index contributed by atoms with van der Waals surface area (Å²) in [5.41, 5.74) is 1.05. The van der Waals surface area contributed by atoms with Crippen LogP contribution in [0.1, 0.15) is 55.5 Å². The van der Waals surface area contributed by atoms with Crippen LogP contribution in [0.4, 0.5) is 0 Å². The van der Waals surface area contributed by atoms with Gasteiger partial charge < -0.3 is 14.1 Å². The van der Waals surface area contributed by atoms with Gasteiger partial charge in [-0.05, 0) is 30.9 Å². The number of aromatic nitrogens is 2. The fraction of sp³-hybridized carbons (Fsp3) is 0.526. The van der Waals surface area contributed by atoms with Crippen molar-refractivity contribution in [1.82, 2.24) is 15.1 Å². The minimum absolute atomic E-state index is 0.103. The molecule has 0 saturated carbocycles. The van der Waals surface area contributed by atoms with Gasteiger partial charge in [0.15, 0.2) is 0 Å². The molecule has 134 valence electrons. The molecule has 2 aromatic rings. The van der Waals surface area contributed by atoms with Gasteiger partial charge in [-0.25, -0.2) is 0 Å². The van der Waals surface area contributed by atoms with Crippen LogP contribution in [0.15, 0.2) is 28.7 Å². The third-order valence-corrected chi connectivity index (χ3v) is 4.70. The third-order valence-electron chi connectivity index (χ3n) is 4.70. The van der Waals surface area contributed by atoms with Crippen LogP contribution in [0.25, 0.3) is 0 Å². The van der Waals surface area contributed by atoms with E-state index in [9.17, 15) is 4.79 Å². The third kappa shape index (κ3) is 4.18. The lowest BCUT2D eigenvalue weighted by Gasteiger charge is -2.27. The maximum Gasteiger partial charge on any atom is 0.238 e. The molecule has 0 N–H and O–H groups in total. The van der Waals surface area contributed by atoms with Gasteiger partial charge in [0.1, 0.15) is 11.8 Å². The van der Waals surface area contributed by atoms with Crippen LogP contribution in [0, 0.1) is 6.92 Å². The lowest BCUT2D eigenvalue weighted by Crippen LogP contribution is -2.35. The molecule has 6 heteroatoms. The highest BCUT2D eigenvalue weighted by molar-refractivity contribution is 5.77. The van der Waals surface area contributed by atoms with Gasteiger partial charge >= 0.3 is 0 Å². The number of carbonyl (C=O) groups is 1. The molecule has 1 aromatic carbocycles. The summed E-state index contributed by atoms with van der Waals surface area (Å²) in [6, 6.07) is 7.74. The fourth-order valence-electron chi connectivity index (χ4n) is 3.40. The van der Waals surface area contributed by atoms with Crippen LogP contribution >= 0.6 is 0 Å². The molecule has 3 rings (SSSR count). The lowest BCUT2D eigenvalue weighted by atomic mass is 10.1. The standard InChI is InChI=1S/C19H25N3O3/c1-14-20-21-19(25-14)16-9-4-3-7-13-22(16)18(23)12-11-15-8-5-6-10-17(15)24-2/h5-6,8,10,16H,3-4,7,9,11-13H2,1-2H3. The average Bonchev–Trinajstić information content (AvgIpc) is 2.92. The lowest BCUT2D eigenvalue weighted by molar-refractivity contribution is -0.134. The second-order valence-electron chi connectivity index (χ2n) is 6.42. The van der Waals surface area contributed by atoms with E-state index in [1.54, 1.807) is 14.0 Å². The Bertz CT molecular complexity index is 713. The topological polar surface area (TPSA) is 68.5 Å². The first-order chi connectivity index (χ1) is 12.2. The summed E-state index contributed by atoms with van der Waals surface area (Å²) in [4.78, 5) is 14.8. The number of nitrogens with zero attached hydrogens (tertiary/aromatic N) is 3. The fourth-order valence-corrected chi connectivity index (χ4v) is 3.40. The Morgan fingerprint density at radius 2 is 2.12 bits per heavy atom. The predicted octanol–water partition coefficient (Wildman–Crippen LogP) is 3.46. The number of ether oxygens (including phenoxy) is 1. The van der Waals surface area contributed by atoms with Crippen molar-refractivity contribution >= 4 is 5.91 Å². The molecule has 6 nitrogen and oxygen atoms in total. The van der Waals surface area contributed by atoms with Crippen LogP contribution in [0.3, 0.4) is 0 Å². The molecule has 25 heavy (non-hydrogen) atoms. The number of amides is 1. The van der Waals surface area contributed by atoms with E-state index in [4.69, 9.17) is 9.15 Å². The Kier molecular flexibility index (Phi) is 5.68. The summed E-state index contributed by atoms with van der Waals surface area (Å²) in [5.74, 6) is 2.06. The maximum atomic E-state index is 12.9. The van der Waals surface area contributed by atoms with Gasteiger partial charge in [0, 0.05) is 19.9 Å². The first-order valence-electron chi connectivity index (χ1n) is 8.90. The van der Waals surface area contributed by atoms with Crippen molar-refractivity contribution in [3.63, 3.8) is 0 Å². The minimum atomic E-state index is -0.103. The number of methoxy groups -OCH3 is 1. The molecule has 1 amide bonds. The van der Waals surface area contributed by atoms with Crippen molar-refractivity contribution < 1.29 is 13.9 Å². The summed E-state index contributed by atoms with van der Waals surface area (Å²) in [7, 11) is 1.66. The van der Waals surface area contributed by atoms with E-state index in [1.165, 1.54) is 0 Å². The Morgan fingerprint density at radius 3 is 2.88 bits per heavy atom. The molecule has 0 bridgehead atoms. The molecule has 2 heterocycles. The molecule has 1 aromatic heterocycles. The van der Waals surface area contributed by atoms with Gasteiger partial charge in [0.25, 0.3) is 0 Å². The monoisotopic (exact) mass is 343 g/mol. The summed E-state index contributed by atoms with van der Waals surface area (Å²) < 4.78 is 11.0. The van der Waals surface area contributed by atoms with Crippen molar-refractivity contribution in [1.29, 1.82) is 0 Å². The normalized spacial score (nSPS) is 18.0. The highest BCUT2D eigenvalue weighted by Gasteiger charge is 2.30. The van der Waals surface area contributed by atoms with Crippen LogP contribution in [0.5, 0.6) is 5.75 Å². The van der Waals surface area contributed by atoms with Gasteiger partial charge in [-0.15, -0.1) is 10.2 Å². The number of para-hydroxylation sites is 1. The number of benzene rings is 1. The van der Waals surface area contributed by atoms with E-state index in [1.807, 2.05) is 29.2 Å².